The van der Waals surface area contributed by atoms with E-state index in [1.165, 1.54) is 43.7 Å². The summed E-state index contributed by atoms with van der Waals surface area (Å²) in [5.74, 6) is 2.14. The molecule has 0 radical (unpaired) electrons. The molecule has 1 fully saturated rings. The Labute approximate surface area is 135 Å². The average molecular weight is 350 g/mol. The summed E-state index contributed by atoms with van der Waals surface area (Å²) in [7, 11) is 0. The minimum absolute atomic E-state index is 0.868. The number of hydrogen-bond acceptors (Lipinski definition) is 2. The third kappa shape index (κ3) is 3.49. The zero-order chi connectivity index (χ0) is 14.7. The molecule has 0 amide bonds. The Balaban J connectivity index is 1.80. The van der Waals surface area contributed by atoms with Crippen molar-refractivity contribution >= 4 is 27.0 Å². The van der Waals surface area contributed by atoms with Gasteiger partial charge in [0.2, 0.25) is 0 Å². The number of imidazole rings is 1. The Bertz CT molecular complexity index is 599. The zero-order valence-electron chi connectivity index (χ0n) is 12.7. The van der Waals surface area contributed by atoms with E-state index < -0.39 is 0 Å². The Morgan fingerprint density at radius 3 is 2.90 bits per heavy atom. The molecule has 0 atom stereocenters. The highest BCUT2D eigenvalue weighted by molar-refractivity contribution is 9.10. The molecule has 2 heterocycles. The average Bonchev–Trinajstić information content (AvgIpc) is 2.84. The van der Waals surface area contributed by atoms with Gasteiger partial charge in [0.25, 0.3) is 0 Å². The summed E-state index contributed by atoms with van der Waals surface area (Å²) in [6.45, 7) is 5.67. The fourth-order valence-corrected chi connectivity index (χ4v) is 3.67. The molecule has 1 aromatic carbocycles. The first kappa shape index (κ1) is 15.0. The van der Waals surface area contributed by atoms with Crippen LogP contribution in [0.3, 0.4) is 0 Å². The van der Waals surface area contributed by atoms with Gasteiger partial charge in [0, 0.05) is 17.4 Å². The van der Waals surface area contributed by atoms with Crippen molar-refractivity contribution in [2.24, 2.45) is 5.92 Å². The number of halogens is 1. The van der Waals surface area contributed by atoms with Crippen molar-refractivity contribution in [2.45, 2.75) is 45.6 Å². The van der Waals surface area contributed by atoms with Crippen LogP contribution in [-0.4, -0.2) is 22.6 Å². The van der Waals surface area contributed by atoms with Crippen molar-refractivity contribution in [3.8, 4) is 0 Å². The summed E-state index contributed by atoms with van der Waals surface area (Å²) in [5.41, 5.74) is 2.40. The van der Waals surface area contributed by atoms with E-state index >= 15 is 0 Å². The van der Waals surface area contributed by atoms with Crippen LogP contribution >= 0.6 is 15.9 Å². The van der Waals surface area contributed by atoms with Crippen LogP contribution in [0.1, 0.15) is 38.4 Å². The van der Waals surface area contributed by atoms with Crippen LogP contribution in [0.4, 0.5) is 0 Å². The molecule has 1 saturated heterocycles. The monoisotopic (exact) mass is 349 g/mol. The van der Waals surface area contributed by atoms with Crippen LogP contribution in [0, 0.1) is 5.92 Å². The third-order valence-electron chi connectivity index (χ3n) is 4.47. The molecule has 1 aliphatic heterocycles. The topological polar surface area (TPSA) is 29.9 Å². The normalized spacial score (nSPS) is 16.7. The van der Waals surface area contributed by atoms with Gasteiger partial charge in [-0.1, -0.05) is 22.9 Å². The van der Waals surface area contributed by atoms with Gasteiger partial charge in [0.15, 0.2) is 0 Å². The summed E-state index contributed by atoms with van der Waals surface area (Å²) in [5, 5.41) is 3.45. The lowest BCUT2D eigenvalue weighted by atomic mass is 9.93. The molecule has 0 spiro atoms. The Kier molecular flexibility index (Phi) is 4.96. The second-order valence-electron chi connectivity index (χ2n) is 6.04. The van der Waals surface area contributed by atoms with E-state index in [0.29, 0.717) is 0 Å². The molecule has 2 aromatic rings. The van der Waals surface area contributed by atoms with Gasteiger partial charge in [-0.25, -0.2) is 4.98 Å². The van der Waals surface area contributed by atoms with Crippen molar-refractivity contribution in [2.75, 3.05) is 13.1 Å². The first-order valence-corrected chi connectivity index (χ1v) is 8.92. The van der Waals surface area contributed by atoms with Crippen LogP contribution in [0.5, 0.6) is 0 Å². The van der Waals surface area contributed by atoms with Crippen LogP contribution in [-0.2, 0) is 13.0 Å². The number of fused-ring (bicyclic) bond motifs is 1. The molecule has 1 aromatic heterocycles. The summed E-state index contributed by atoms with van der Waals surface area (Å²) in [4.78, 5) is 4.89. The predicted molar refractivity (Wildman–Crippen MR) is 91.6 cm³/mol. The number of hydrogen-bond donors (Lipinski definition) is 1. The van der Waals surface area contributed by atoms with E-state index in [-0.39, 0.29) is 0 Å². The van der Waals surface area contributed by atoms with Crippen molar-refractivity contribution in [3.63, 3.8) is 0 Å². The number of rotatable bonds is 5. The van der Waals surface area contributed by atoms with E-state index in [2.05, 4.69) is 50.9 Å². The second-order valence-corrected chi connectivity index (χ2v) is 6.96. The van der Waals surface area contributed by atoms with Crippen LogP contribution in [0.15, 0.2) is 22.7 Å². The standard InChI is InChI=1S/C17H24BrN3/c1-2-11-21-16-5-4-14(18)12-15(16)20-17(21)6-3-13-7-9-19-10-8-13/h4-5,12-13,19H,2-3,6-11H2,1H3. The molecule has 0 saturated carbocycles. The first-order chi connectivity index (χ1) is 10.3. The third-order valence-corrected chi connectivity index (χ3v) is 4.96. The zero-order valence-corrected chi connectivity index (χ0v) is 14.3. The number of aryl methyl sites for hydroxylation is 2. The molecule has 3 rings (SSSR count). The highest BCUT2D eigenvalue weighted by atomic mass is 79.9. The van der Waals surface area contributed by atoms with Crippen molar-refractivity contribution in [1.82, 2.24) is 14.9 Å². The molecule has 4 heteroatoms. The number of piperidine rings is 1. The van der Waals surface area contributed by atoms with Gasteiger partial charge in [0.1, 0.15) is 5.82 Å². The second kappa shape index (κ2) is 6.93. The lowest BCUT2D eigenvalue weighted by Gasteiger charge is -2.22. The SMILES string of the molecule is CCCn1c(CCC2CCNCC2)nc2cc(Br)ccc21. The lowest BCUT2D eigenvalue weighted by molar-refractivity contribution is 0.351. The van der Waals surface area contributed by atoms with Crippen molar-refractivity contribution < 1.29 is 0 Å². The van der Waals surface area contributed by atoms with Gasteiger partial charge in [-0.05, 0) is 62.9 Å². The fraction of sp³-hybridized carbons (Fsp3) is 0.588. The van der Waals surface area contributed by atoms with Crippen LogP contribution in [0.25, 0.3) is 11.0 Å². The van der Waals surface area contributed by atoms with E-state index in [1.807, 2.05) is 0 Å². The summed E-state index contributed by atoms with van der Waals surface area (Å²) in [6, 6.07) is 6.44. The van der Waals surface area contributed by atoms with E-state index in [0.717, 1.165) is 35.3 Å². The fourth-order valence-electron chi connectivity index (χ4n) is 3.32. The summed E-state index contributed by atoms with van der Waals surface area (Å²) in [6.07, 6.45) is 6.17. The summed E-state index contributed by atoms with van der Waals surface area (Å²) >= 11 is 3.55. The van der Waals surface area contributed by atoms with Gasteiger partial charge in [-0.2, -0.15) is 0 Å². The molecule has 114 valence electrons. The van der Waals surface area contributed by atoms with Gasteiger partial charge < -0.3 is 9.88 Å². The smallest absolute Gasteiger partial charge is 0.109 e. The molecule has 1 N–H and O–H groups in total. The molecule has 0 bridgehead atoms. The van der Waals surface area contributed by atoms with E-state index in [9.17, 15) is 0 Å². The number of nitrogens with zero attached hydrogens (tertiary/aromatic N) is 2. The highest BCUT2D eigenvalue weighted by Crippen LogP contribution is 2.24. The van der Waals surface area contributed by atoms with Gasteiger partial charge >= 0.3 is 0 Å². The Hall–Kier alpha value is -0.870. The van der Waals surface area contributed by atoms with Gasteiger partial charge in [-0.15, -0.1) is 0 Å². The molecule has 3 nitrogen and oxygen atoms in total. The maximum absolute atomic E-state index is 4.89. The lowest BCUT2D eigenvalue weighted by Crippen LogP contribution is -2.28. The summed E-state index contributed by atoms with van der Waals surface area (Å²) < 4.78 is 3.53. The van der Waals surface area contributed by atoms with Crippen LogP contribution in [0.2, 0.25) is 0 Å². The molecule has 0 aliphatic carbocycles. The highest BCUT2D eigenvalue weighted by Gasteiger charge is 2.16. The molecule has 1 aliphatic rings. The van der Waals surface area contributed by atoms with E-state index in [4.69, 9.17) is 4.98 Å². The van der Waals surface area contributed by atoms with Crippen LogP contribution < -0.4 is 5.32 Å². The minimum Gasteiger partial charge on any atom is -0.328 e. The van der Waals surface area contributed by atoms with Crippen molar-refractivity contribution in [3.05, 3.63) is 28.5 Å². The maximum Gasteiger partial charge on any atom is 0.109 e. The number of nitrogens with one attached hydrogen (secondary N) is 1. The predicted octanol–water partition coefficient (Wildman–Crippen LogP) is 4.14. The largest absolute Gasteiger partial charge is 0.328 e. The van der Waals surface area contributed by atoms with Gasteiger partial charge in [-0.3, -0.25) is 0 Å². The molecular formula is C17H24BrN3. The Morgan fingerprint density at radius 1 is 1.33 bits per heavy atom. The van der Waals surface area contributed by atoms with Gasteiger partial charge in [0.05, 0.1) is 11.0 Å². The number of aromatic nitrogens is 2. The minimum atomic E-state index is 0.868. The molecular weight excluding hydrogens is 326 g/mol. The quantitative estimate of drug-likeness (QED) is 0.878. The molecule has 21 heavy (non-hydrogen) atoms. The molecule has 0 unspecified atom stereocenters. The first-order valence-electron chi connectivity index (χ1n) is 8.13. The van der Waals surface area contributed by atoms with Crippen molar-refractivity contribution in [1.29, 1.82) is 0 Å². The Morgan fingerprint density at radius 2 is 2.14 bits per heavy atom. The maximum atomic E-state index is 4.89. The number of benzene rings is 1. The van der Waals surface area contributed by atoms with E-state index in [1.54, 1.807) is 0 Å².